The number of ether oxygens (including phenoxy) is 2. The van der Waals surface area contributed by atoms with E-state index in [-0.39, 0.29) is 34.3 Å². The van der Waals surface area contributed by atoms with Gasteiger partial charge in [0.25, 0.3) is 0 Å². The number of nitrogens with zero attached hydrogens (tertiary/aromatic N) is 2. The first-order chi connectivity index (χ1) is 34.2. The van der Waals surface area contributed by atoms with Crippen molar-refractivity contribution < 1.29 is 28.7 Å². The third-order valence-corrected chi connectivity index (χ3v) is 17.9. The first-order valence-corrected chi connectivity index (χ1v) is 26.0. The number of ketones is 4. The number of Topliss-reactive ketones (excluding diaryl/α,β-unsaturated/α-hetero) is 4. The van der Waals surface area contributed by atoms with Gasteiger partial charge in [-0.25, -0.2) is 9.97 Å². The summed E-state index contributed by atoms with van der Waals surface area (Å²) in [4.78, 5) is 69.0. The van der Waals surface area contributed by atoms with Crippen LogP contribution < -0.4 is 9.47 Å². The number of aromatic nitrogens is 2. The molecule has 0 amide bonds. The second-order valence-electron chi connectivity index (χ2n) is 19.9. The molecule has 8 nitrogen and oxygen atoms in total. The molecule has 6 aliphatic rings. The molecule has 338 valence electrons. The molecule has 2 spiro atoms. The quantitative estimate of drug-likeness (QED) is 0.0957. The number of carbonyl (C=O) groups is 4. The molecule has 4 heterocycles. The summed E-state index contributed by atoms with van der Waals surface area (Å²) >= 11 is 2.98. The van der Waals surface area contributed by atoms with Crippen LogP contribution in [0, 0.1) is 0 Å². The Morgan fingerprint density at radius 3 is 1.06 bits per heavy atom. The van der Waals surface area contributed by atoms with E-state index in [2.05, 4.69) is 60.7 Å². The van der Waals surface area contributed by atoms with Crippen molar-refractivity contribution in [1.82, 2.24) is 9.97 Å². The minimum atomic E-state index is -0.670. The summed E-state index contributed by atoms with van der Waals surface area (Å²) in [6, 6.07) is 36.2. The summed E-state index contributed by atoms with van der Waals surface area (Å²) in [5.74, 6) is 0.337. The Balaban J connectivity index is 0.825. The van der Waals surface area contributed by atoms with Crippen LogP contribution in [-0.4, -0.2) is 33.1 Å². The average molecular weight is 949 g/mol. The van der Waals surface area contributed by atoms with Crippen molar-refractivity contribution >= 4 is 101 Å². The minimum absolute atomic E-state index is 0.128. The van der Waals surface area contributed by atoms with Gasteiger partial charge in [-0.05, 0) is 167 Å². The Bertz CT molecular complexity index is 3600. The van der Waals surface area contributed by atoms with Gasteiger partial charge in [-0.2, -0.15) is 0 Å². The van der Waals surface area contributed by atoms with E-state index >= 15 is 0 Å². The average Bonchev–Trinajstić information content (AvgIpc) is 4.13. The molecule has 0 unspecified atom stereocenters. The number of carbonyl (C=O) groups excluding carboxylic acids is 4. The molecular formula is C60H40N2O6S2. The normalized spacial score (nSPS) is 18.2. The van der Waals surface area contributed by atoms with Gasteiger partial charge in [0.2, 0.25) is 0 Å². The second kappa shape index (κ2) is 14.6. The monoisotopic (exact) mass is 948 g/mol. The predicted octanol–water partition coefficient (Wildman–Crippen LogP) is 14.6. The van der Waals surface area contributed by atoms with Gasteiger partial charge in [-0.3, -0.25) is 19.2 Å². The fourth-order valence-electron chi connectivity index (χ4n) is 12.3. The first-order valence-electron chi connectivity index (χ1n) is 24.3. The molecule has 2 fully saturated rings. The fraction of sp³-hybridized carbons (Fsp3) is 0.200. The van der Waals surface area contributed by atoms with Crippen LogP contribution in [0.3, 0.4) is 0 Å². The lowest BCUT2D eigenvalue weighted by Crippen LogP contribution is -2.39. The van der Waals surface area contributed by atoms with E-state index in [1.807, 2.05) is 48.5 Å². The molecule has 0 saturated heterocycles. The summed E-state index contributed by atoms with van der Waals surface area (Å²) < 4.78 is 14.4. The number of benzene rings is 7. The molecule has 9 aromatic rings. The van der Waals surface area contributed by atoms with Gasteiger partial charge in [0.1, 0.15) is 32.9 Å². The number of thiazole rings is 2. The number of hydrogen-bond acceptors (Lipinski definition) is 10. The van der Waals surface area contributed by atoms with Crippen LogP contribution in [0.5, 0.6) is 11.5 Å². The van der Waals surface area contributed by atoms with Crippen molar-refractivity contribution in [3.63, 3.8) is 0 Å². The fourth-order valence-corrected chi connectivity index (χ4v) is 14.6. The second-order valence-corrected chi connectivity index (χ2v) is 22.0. The van der Waals surface area contributed by atoms with Gasteiger partial charge in [-0.1, -0.05) is 61.4 Å². The summed E-state index contributed by atoms with van der Waals surface area (Å²) in [5.41, 5.74) is 4.07. The lowest BCUT2D eigenvalue weighted by Gasteiger charge is -2.43. The van der Waals surface area contributed by atoms with Crippen LogP contribution in [0.2, 0.25) is 0 Å². The molecule has 0 atom stereocenters. The number of hydrogen-bond donors (Lipinski definition) is 0. The number of fused-ring (bicyclic) bond motifs is 14. The molecule has 0 bridgehead atoms. The number of rotatable bonds is 2. The Labute approximate surface area is 409 Å². The molecule has 2 aromatic heterocycles. The Morgan fingerprint density at radius 1 is 0.400 bits per heavy atom. The van der Waals surface area contributed by atoms with E-state index in [1.165, 1.54) is 22.7 Å². The molecule has 70 heavy (non-hydrogen) atoms. The summed E-state index contributed by atoms with van der Waals surface area (Å²) in [5, 5.41) is 9.19. The van der Waals surface area contributed by atoms with E-state index in [1.54, 1.807) is 12.2 Å². The smallest absolute Gasteiger partial charge is 0.197 e. The maximum atomic E-state index is 14.1. The van der Waals surface area contributed by atoms with E-state index in [4.69, 9.17) is 19.4 Å². The third kappa shape index (κ3) is 5.80. The standard InChI is InChI=1S/C60H40N2O6S2/c63-51-39-23-35-19-31-11-3-4-12-32(31)20-36(35)24-40(39)52(64)45(51)29-49-61-57-55(69-49)43-28-48-44(27-47(43)67-59(57)15-7-1-8-16-59)56-58(60(68-48)17-9-2-10-18-60)62-50(70-56)30-46-53(65)41-25-37-21-33-13-5-6-14-34(33)22-38(37)26-42(41)54(46)66/h3-6,11-14,19-30H,1-2,7-10,15-18H2. The van der Waals surface area contributed by atoms with Crippen molar-refractivity contribution in [2.45, 2.75) is 75.4 Å². The zero-order valence-corrected chi connectivity index (χ0v) is 39.4. The molecule has 4 aliphatic carbocycles. The van der Waals surface area contributed by atoms with E-state index in [0.717, 1.165) is 151 Å². The molecule has 0 N–H and O–H groups in total. The maximum Gasteiger partial charge on any atom is 0.197 e. The Hall–Kier alpha value is -7.40. The maximum absolute atomic E-state index is 14.1. The highest BCUT2D eigenvalue weighted by Gasteiger charge is 2.49. The summed E-state index contributed by atoms with van der Waals surface area (Å²) in [7, 11) is 0. The highest BCUT2D eigenvalue weighted by atomic mass is 32.1. The van der Waals surface area contributed by atoms with Crippen LogP contribution in [0.25, 0.3) is 76.1 Å². The third-order valence-electron chi connectivity index (χ3n) is 15.8. The molecular weight excluding hydrogens is 909 g/mol. The van der Waals surface area contributed by atoms with E-state index in [0.29, 0.717) is 32.3 Å². The van der Waals surface area contributed by atoms with Gasteiger partial charge >= 0.3 is 0 Å². The minimum Gasteiger partial charge on any atom is -0.480 e. The van der Waals surface area contributed by atoms with Gasteiger partial charge < -0.3 is 9.47 Å². The van der Waals surface area contributed by atoms with Crippen LogP contribution in [-0.2, 0) is 11.2 Å². The van der Waals surface area contributed by atoms with Crippen molar-refractivity contribution in [3.05, 3.63) is 164 Å². The molecule has 7 aromatic carbocycles. The predicted molar refractivity (Wildman–Crippen MR) is 276 cm³/mol. The van der Waals surface area contributed by atoms with Crippen LogP contribution in [0.4, 0.5) is 0 Å². The van der Waals surface area contributed by atoms with Crippen LogP contribution >= 0.6 is 22.7 Å². The number of allylic oxidation sites excluding steroid dienone is 2. The molecule has 15 rings (SSSR count). The zero-order valence-electron chi connectivity index (χ0n) is 37.8. The topological polar surface area (TPSA) is 113 Å². The van der Waals surface area contributed by atoms with Crippen molar-refractivity contribution in [1.29, 1.82) is 0 Å². The summed E-state index contributed by atoms with van der Waals surface area (Å²) in [6.07, 6.45) is 12.7. The first kappa shape index (κ1) is 40.5. The Kier molecular flexibility index (Phi) is 8.43. The van der Waals surface area contributed by atoms with E-state index in [9.17, 15) is 19.2 Å². The molecule has 2 saturated carbocycles. The highest BCUT2D eigenvalue weighted by Crippen LogP contribution is 2.59. The molecule has 2 aliphatic heterocycles. The van der Waals surface area contributed by atoms with Crippen molar-refractivity contribution in [3.8, 4) is 32.4 Å². The largest absolute Gasteiger partial charge is 0.480 e. The highest BCUT2D eigenvalue weighted by molar-refractivity contribution is 7.16. The Morgan fingerprint density at radius 2 is 0.729 bits per heavy atom. The van der Waals surface area contributed by atoms with Crippen molar-refractivity contribution in [2.75, 3.05) is 0 Å². The van der Waals surface area contributed by atoms with Gasteiger partial charge in [0, 0.05) is 33.4 Å². The lowest BCUT2D eigenvalue weighted by molar-refractivity contribution is 0.0163. The van der Waals surface area contributed by atoms with E-state index < -0.39 is 11.2 Å². The van der Waals surface area contributed by atoms with Gasteiger partial charge in [0.15, 0.2) is 34.3 Å². The lowest BCUT2D eigenvalue weighted by atomic mass is 9.78. The van der Waals surface area contributed by atoms with Crippen LogP contribution in [0.1, 0.15) is 127 Å². The van der Waals surface area contributed by atoms with Crippen molar-refractivity contribution in [2.24, 2.45) is 0 Å². The zero-order chi connectivity index (χ0) is 46.6. The van der Waals surface area contributed by atoms with Gasteiger partial charge in [-0.15, -0.1) is 22.7 Å². The SMILES string of the molecule is O=C1C(=Cc2nc3c(s2)-c2cc4c(cc2OC32CCCCC2)-c2sc(C=C3C(=O)c5cc6cc7ccccc7cc6cc5C3=O)nc2C2(CCCCC2)O4)C(=O)c2cc3cc4ccccc4cc3cc21. The van der Waals surface area contributed by atoms with Gasteiger partial charge in [0.05, 0.1) is 20.9 Å². The molecule has 0 radical (unpaired) electrons. The summed E-state index contributed by atoms with van der Waals surface area (Å²) in [6.45, 7) is 0. The van der Waals surface area contributed by atoms with Crippen LogP contribution in [0.15, 0.2) is 120 Å². The molecule has 10 heteroatoms.